The lowest BCUT2D eigenvalue weighted by Crippen LogP contribution is -2.31. The second kappa shape index (κ2) is 6.85. The first-order valence-corrected chi connectivity index (χ1v) is 9.29. The second-order valence-corrected chi connectivity index (χ2v) is 8.08. The summed E-state index contributed by atoms with van der Waals surface area (Å²) in [6.45, 7) is 2.74. The van der Waals surface area contributed by atoms with Gasteiger partial charge in [0.25, 0.3) is 0 Å². The van der Waals surface area contributed by atoms with Crippen molar-refractivity contribution in [2.24, 2.45) is 17.6 Å². The average molecular weight is 326 g/mol. The molecule has 2 atom stereocenters. The first-order valence-electron chi connectivity index (χ1n) is 7.23. The maximum absolute atomic E-state index is 12.1. The van der Waals surface area contributed by atoms with Gasteiger partial charge >= 0.3 is 0 Å². The first-order chi connectivity index (χ1) is 9.87. The van der Waals surface area contributed by atoms with Gasteiger partial charge in [-0.25, -0.2) is 13.1 Å². The van der Waals surface area contributed by atoms with Gasteiger partial charge in [-0.05, 0) is 23.8 Å². The van der Waals surface area contributed by atoms with Gasteiger partial charge in [-0.2, -0.15) is 0 Å². The molecule has 116 valence electrons. The van der Waals surface area contributed by atoms with Crippen LogP contribution in [0.2, 0.25) is 0 Å². The molecule has 0 aromatic heterocycles. The molecule has 0 amide bonds. The van der Waals surface area contributed by atoms with Crippen molar-refractivity contribution < 1.29 is 8.42 Å². The number of hydrogen-bond acceptors (Lipinski definition) is 3. The Morgan fingerprint density at radius 2 is 2.00 bits per heavy atom. The Morgan fingerprint density at radius 3 is 2.52 bits per heavy atom. The molecule has 0 aliphatic heterocycles. The van der Waals surface area contributed by atoms with Crippen LogP contribution in [0, 0.1) is 11.8 Å². The van der Waals surface area contributed by atoms with Crippen molar-refractivity contribution in [1.29, 1.82) is 0 Å². The largest absolute Gasteiger partial charge is 0.389 e. The number of sulfonamides is 1. The number of benzene rings is 1. The Morgan fingerprint density at radius 1 is 1.33 bits per heavy atom. The fourth-order valence-electron chi connectivity index (χ4n) is 2.80. The maximum Gasteiger partial charge on any atom is 0.215 e. The zero-order chi connectivity index (χ0) is 15.5. The molecule has 0 saturated heterocycles. The van der Waals surface area contributed by atoms with Gasteiger partial charge in [0.05, 0.1) is 5.75 Å². The summed E-state index contributed by atoms with van der Waals surface area (Å²) in [6.07, 6.45) is 3.52. The van der Waals surface area contributed by atoms with Crippen LogP contribution in [0.3, 0.4) is 0 Å². The van der Waals surface area contributed by atoms with E-state index in [2.05, 4.69) is 11.6 Å². The van der Waals surface area contributed by atoms with Crippen LogP contribution < -0.4 is 10.5 Å². The lowest BCUT2D eigenvalue weighted by atomic mass is 9.99. The van der Waals surface area contributed by atoms with Gasteiger partial charge in [0, 0.05) is 12.1 Å². The highest BCUT2D eigenvalue weighted by Crippen LogP contribution is 2.30. The van der Waals surface area contributed by atoms with E-state index in [1.807, 2.05) is 0 Å². The number of rotatable bonds is 6. The summed E-state index contributed by atoms with van der Waals surface area (Å²) in [7, 11) is -3.29. The molecule has 0 radical (unpaired) electrons. The quantitative estimate of drug-likeness (QED) is 0.786. The molecule has 1 saturated carbocycles. The fourth-order valence-corrected chi connectivity index (χ4v) is 4.13. The second-order valence-electron chi connectivity index (χ2n) is 5.84. The SMILES string of the molecule is CC1CCCC1CNS(=O)(=O)Cc1ccc(C(N)=S)cc1. The summed E-state index contributed by atoms with van der Waals surface area (Å²) in [5, 5.41) is 0. The van der Waals surface area contributed by atoms with Crippen molar-refractivity contribution in [3.63, 3.8) is 0 Å². The molecule has 1 aliphatic carbocycles. The minimum Gasteiger partial charge on any atom is -0.389 e. The van der Waals surface area contributed by atoms with E-state index in [1.54, 1.807) is 24.3 Å². The van der Waals surface area contributed by atoms with Crippen LogP contribution in [-0.2, 0) is 15.8 Å². The maximum atomic E-state index is 12.1. The predicted octanol–water partition coefficient (Wildman–Crippen LogP) is 2.18. The molecule has 21 heavy (non-hydrogen) atoms. The fraction of sp³-hybridized carbons (Fsp3) is 0.533. The average Bonchev–Trinajstić information content (AvgIpc) is 2.82. The highest BCUT2D eigenvalue weighted by Gasteiger charge is 2.24. The molecule has 2 unspecified atom stereocenters. The van der Waals surface area contributed by atoms with Gasteiger partial charge in [0.1, 0.15) is 4.99 Å². The van der Waals surface area contributed by atoms with E-state index in [0.717, 1.165) is 17.5 Å². The van der Waals surface area contributed by atoms with E-state index in [0.29, 0.717) is 23.4 Å². The number of nitrogens with two attached hydrogens (primary N) is 1. The molecule has 1 fully saturated rings. The molecule has 0 bridgehead atoms. The Labute approximate surface area is 132 Å². The molecule has 0 heterocycles. The smallest absolute Gasteiger partial charge is 0.215 e. The molecule has 1 aromatic carbocycles. The Hall–Kier alpha value is -0.980. The monoisotopic (exact) mass is 326 g/mol. The molecule has 1 aromatic rings. The summed E-state index contributed by atoms with van der Waals surface area (Å²) < 4.78 is 27.0. The third-order valence-electron chi connectivity index (χ3n) is 4.20. The summed E-state index contributed by atoms with van der Waals surface area (Å²) in [5.41, 5.74) is 7.01. The molecular formula is C15H22N2O2S2. The normalized spacial score (nSPS) is 22.3. The predicted molar refractivity (Wildman–Crippen MR) is 89.5 cm³/mol. The lowest BCUT2D eigenvalue weighted by molar-refractivity contribution is 0.414. The Balaban J connectivity index is 1.92. The van der Waals surface area contributed by atoms with Gasteiger partial charge in [-0.1, -0.05) is 56.2 Å². The molecular weight excluding hydrogens is 304 g/mol. The topological polar surface area (TPSA) is 72.2 Å². The molecule has 2 rings (SSSR count). The highest BCUT2D eigenvalue weighted by molar-refractivity contribution is 7.88. The summed E-state index contributed by atoms with van der Waals surface area (Å²) in [6, 6.07) is 7.02. The number of nitrogens with one attached hydrogen (secondary N) is 1. The van der Waals surface area contributed by atoms with Crippen molar-refractivity contribution in [3.05, 3.63) is 35.4 Å². The molecule has 4 nitrogen and oxygen atoms in total. The van der Waals surface area contributed by atoms with E-state index < -0.39 is 10.0 Å². The third kappa shape index (κ3) is 4.76. The van der Waals surface area contributed by atoms with Gasteiger partial charge in [-0.15, -0.1) is 0 Å². The number of hydrogen-bond donors (Lipinski definition) is 2. The van der Waals surface area contributed by atoms with Gasteiger partial charge in [0.15, 0.2) is 0 Å². The summed E-state index contributed by atoms with van der Waals surface area (Å²) >= 11 is 4.88. The van der Waals surface area contributed by atoms with Crippen LogP contribution in [0.5, 0.6) is 0 Å². The van der Waals surface area contributed by atoms with Crippen molar-refractivity contribution >= 4 is 27.2 Å². The number of thiocarbonyl (C=S) groups is 1. The van der Waals surface area contributed by atoms with Crippen LogP contribution in [0.15, 0.2) is 24.3 Å². The van der Waals surface area contributed by atoms with E-state index in [4.69, 9.17) is 18.0 Å². The van der Waals surface area contributed by atoms with Crippen LogP contribution in [0.4, 0.5) is 0 Å². The van der Waals surface area contributed by atoms with Crippen LogP contribution in [0.1, 0.15) is 37.3 Å². The Bertz CT molecular complexity index is 597. The first kappa shape index (κ1) is 16.4. The summed E-state index contributed by atoms with van der Waals surface area (Å²) in [5.74, 6) is 1.07. The highest BCUT2D eigenvalue weighted by atomic mass is 32.2. The van der Waals surface area contributed by atoms with Gasteiger partial charge in [-0.3, -0.25) is 0 Å². The molecule has 0 spiro atoms. The molecule has 3 N–H and O–H groups in total. The zero-order valence-corrected chi connectivity index (χ0v) is 13.8. The minimum atomic E-state index is -3.29. The van der Waals surface area contributed by atoms with Crippen LogP contribution in [0.25, 0.3) is 0 Å². The van der Waals surface area contributed by atoms with Crippen molar-refractivity contribution in [3.8, 4) is 0 Å². The third-order valence-corrected chi connectivity index (χ3v) is 5.76. The van der Waals surface area contributed by atoms with E-state index in [9.17, 15) is 8.42 Å². The van der Waals surface area contributed by atoms with Crippen molar-refractivity contribution in [1.82, 2.24) is 4.72 Å². The van der Waals surface area contributed by atoms with Crippen LogP contribution >= 0.6 is 12.2 Å². The molecule has 1 aliphatic rings. The summed E-state index contributed by atoms with van der Waals surface area (Å²) in [4.78, 5) is 0.317. The lowest BCUT2D eigenvalue weighted by Gasteiger charge is -2.16. The van der Waals surface area contributed by atoms with E-state index in [1.165, 1.54) is 12.8 Å². The Kier molecular flexibility index (Phi) is 5.35. The molecule has 6 heteroatoms. The van der Waals surface area contributed by atoms with E-state index >= 15 is 0 Å². The van der Waals surface area contributed by atoms with Crippen molar-refractivity contribution in [2.45, 2.75) is 31.9 Å². The standard InChI is InChI=1S/C15H22N2O2S2/c1-11-3-2-4-14(11)9-17-21(18,19)10-12-5-7-13(8-6-12)15(16)20/h5-8,11,14,17H,2-4,9-10H2,1H3,(H2,16,20). The van der Waals surface area contributed by atoms with E-state index in [-0.39, 0.29) is 5.75 Å². The van der Waals surface area contributed by atoms with Crippen LogP contribution in [-0.4, -0.2) is 20.0 Å². The zero-order valence-electron chi connectivity index (χ0n) is 12.2. The minimum absolute atomic E-state index is 0.00822. The van der Waals surface area contributed by atoms with Gasteiger partial charge in [0.2, 0.25) is 10.0 Å². The van der Waals surface area contributed by atoms with Crippen molar-refractivity contribution in [2.75, 3.05) is 6.54 Å². The van der Waals surface area contributed by atoms with Gasteiger partial charge < -0.3 is 5.73 Å².